The predicted octanol–water partition coefficient (Wildman–Crippen LogP) is 0.788. The molecule has 0 aromatic carbocycles. The van der Waals surface area contributed by atoms with Crippen LogP contribution in [0.25, 0.3) is 0 Å². The highest BCUT2D eigenvalue weighted by atomic mass is 16.2. The Morgan fingerprint density at radius 3 is 2.75 bits per heavy atom. The van der Waals surface area contributed by atoms with Crippen LogP contribution in [0.1, 0.15) is 26.7 Å². The standard InChI is InChI=1S/C12H21N3O/c1-12(2)10-6-13-5-8(10)7-15(12)11(16)14-9-3-4-9/h8-10,13H,3-7H2,1-2H3,(H,14,16). The first kappa shape index (κ1) is 10.4. The summed E-state index contributed by atoms with van der Waals surface area (Å²) in [6, 6.07) is 0.615. The van der Waals surface area contributed by atoms with Gasteiger partial charge in [0.15, 0.2) is 0 Å². The van der Waals surface area contributed by atoms with E-state index < -0.39 is 0 Å². The van der Waals surface area contributed by atoms with E-state index in [0.29, 0.717) is 17.9 Å². The number of carbonyl (C=O) groups excluding carboxylic acids is 1. The quantitative estimate of drug-likeness (QED) is 0.690. The SMILES string of the molecule is CC1(C)C2CNCC2CN1C(=O)NC1CC1. The maximum atomic E-state index is 12.1. The average molecular weight is 223 g/mol. The maximum Gasteiger partial charge on any atom is 0.318 e. The second-order valence-corrected chi connectivity index (χ2v) is 6.01. The molecule has 90 valence electrons. The van der Waals surface area contributed by atoms with Crippen molar-refractivity contribution in [3.8, 4) is 0 Å². The van der Waals surface area contributed by atoms with Gasteiger partial charge >= 0.3 is 6.03 Å². The zero-order valence-electron chi connectivity index (χ0n) is 10.1. The molecule has 2 N–H and O–H groups in total. The topological polar surface area (TPSA) is 44.4 Å². The Hall–Kier alpha value is -0.770. The number of amides is 2. The molecule has 0 aromatic heterocycles. The maximum absolute atomic E-state index is 12.1. The summed E-state index contributed by atoms with van der Waals surface area (Å²) in [5.74, 6) is 1.28. The van der Waals surface area contributed by atoms with Gasteiger partial charge in [-0.05, 0) is 38.5 Å². The van der Waals surface area contributed by atoms with Crippen LogP contribution < -0.4 is 10.6 Å². The molecule has 0 aromatic rings. The molecule has 2 aliphatic heterocycles. The number of rotatable bonds is 1. The molecule has 0 radical (unpaired) electrons. The second-order valence-electron chi connectivity index (χ2n) is 6.01. The normalized spacial score (nSPS) is 36.2. The lowest BCUT2D eigenvalue weighted by Gasteiger charge is -2.35. The van der Waals surface area contributed by atoms with Crippen molar-refractivity contribution in [3.05, 3.63) is 0 Å². The van der Waals surface area contributed by atoms with E-state index in [-0.39, 0.29) is 11.6 Å². The molecule has 2 unspecified atom stereocenters. The lowest BCUT2D eigenvalue weighted by Crippen LogP contribution is -2.51. The van der Waals surface area contributed by atoms with Crippen molar-refractivity contribution < 1.29 is 4.79 Å². The summed E-state index contributed by atoms with van der Waals surface area (Å²) in [4.78, 5) is 14.2. The Kier molecular flexibility index (Phi) is 2.18. The van der Waals surface area contributed by atoms with Gasteiger partial charge in [0.1, 0.15) is 0 Å². The molecule has 3 rings (SSSR count). The van der Waals surface area contributed by atoms with Gasteiger partial charge in [-0.15, -0.1) is 0 Å². The Labute approximate surface area is 96.8 Å². The largest absolute Gasteiger partial charge is 0.335 e. The molecule has 2 heterocycles. The van der Waals surface area contributed by atoms with Crippen molar-refractivity contribution in [2.45, 2.75) is 38.3 Å². The second kappa shape index (κ2) is 3.36. The van der Waals surface area contributed by atoms with E-state index >= 15 is 0 Å². The van der Waals surface area contributed by atoms with Crippen LogP contribution >= 0.6 is 0 Å². The fraction of sp³-hybridized carbons (Fsp3) is 0.917. The highest BCUT2D eigenvalue weighted by Gasteiger charge is 2.51. The fourth-order valence-corrected chi connectivity index (χ4v) is 3.25. The molecule has 2 atom stereocenters. The van der Waals surface area contributed by atoms with Gasteiger partial charge in [-0.25, -0.2) is 4.79 Å². The first-order valence-electron chi connectivity index (χ1n) is 6.38. The molecule has 0 spiro atoms. The summed E-state index contributed by atoms with van der Waals surface area (Å²) in [6.45, 7) is 7.46. The molecule has 2 saturated heterocycles. The number of fused-ring (bicyclic) bond motifs is 1. The van der Waals surface area contributed by atoms with Crippen LogP contribution in [0.4, 0.5) is 4.79 Å². The van der Waals surface area contributed by atoms with Crippen molar-refractivity contribution in [1.29, 1.82) is 0 Å². The van der Waals surface area contributed by atoms with E-state index in [9.17, 15) is 4.79 Å². The smallest absolute Gasteiger partial charge is 0.318 e. The number of likely N-dealkylation sites (tertiary alicyclic amines) is 1. The summed E-state index contributed by atoms with van der Waals surface area (Å²) in [6.07, 6.45) is 2.32. The number of nitrogens with one attached hydrogen (secondary N) is 2. The first-order chi connectivity index (χ1) is 7.59. The minimum absolute atomic E-state index is 0.00708. The molecule has 16 heavy (non-hydrogen) atoms. The van der Waals surface area contributed by atoms with E-state index in [2.05, 4.69) is 29.4 Å². The van der Waals surface area contributed by atoms with Crippen molar-refractivity contribution >= 4 is 6.03 Å². The van der Waals surface area contributed by atoms with E-state index in [1.807, 2.05) is 0 Å². The molecule has 2 amide bonds. The lowest BCUT2D eigenvalue weighted by molar-refractivity contribution is 0.146. The van der Waals surface area contributed by atoms with Gasteiger partial charge in [-0.1, -0.05) is 0 Å². The molecular formula is C12H21N3O. The molecule has 4 heteroatoms. The Morgan fingerprint density at radius 2 is 2.12 bits per heavy atom. The Balaban J connectivity index is 1.72. The predicted molar refractivity (Wildman–Crippen MR) is 62.2 cm³/mol. The van der Waals surface area contributed by atoms with Gasteiger partial charge in [-0.2, -0.15) is 0 Å². The van der Waals surface area contributed by atoms with Gasteiger partial charge in [0, 0.05) is 31.2 Å². The van der Waals surface area contributed by atoms with E-state index in [1.54, 1.807) is 0 Å². The summed E-state index contributed by atoms with van der Waals surface area (Å²) < 4.78 is 0. The van der Waals surface area contributed by atoms with Crippen LogP contribution in [-0.2, 0) is 0 Å². The number of nitrogens with zero attached hydrogens (tertiary/aromatic N) is 1. The van der Waals surface area contributed by atoms with E-state index in [0.717, 1.165) is 32.5 Å². The molecule has 3 aliphatic rings. The van der Waals surface area contributed by atoms with Crippen LogP contribution in [0.3, 0.4) is 0 Å². The Bertz CT molecular complexity index is 311. The highest BCUT2D eigenvalue weighted by Crippen LogP contribution is 2.40. The van der Waals surface area contributed by atoms with Gasteiger partial charge in [0.2, 0.25) is 0 Å². The minimum Gasteiger partial charge on any atom is -0.335 e. The fourth-order valence-electron chi connectivity index (χ4n) is 3.25. The van der Waals surface area contributed by atoms with Crippen molar-refractivity contribution in [2.75, 3.05) is 19.6 Å². The first-order valence-corrected chi connectivity index (χ1v) is 6.38. The molecule has 1 saturated carbocycles. The summed E-state index contributed by atoms with van der Waals surface area (Å²) in [5, 5.41) is 6.54. The Morgan fingerprint density at radius 1 is 1.38 bits per heavy atom. The van der Waals surface area contributed by atoms with Gasteiger partial charge in [0.25, 0.3) is 0 Å². The van der Waals surface area contributed by atoms with E-state index in [4.69, 9.17) is 0 Å². The van der Waals surface area contributed by atoms with Crippen LogP contribution in [0.2, 0.25) is 0 Å². The number of urea groups is 1. The van der Waals surface area contributed by atoms with Crippen LogP contribution in [0.5, 0.6) is 0 Å². The summed E-state index contributed by atoms with van der Waals surface area (Å²) in [5.41, 5.74) is 0.00708. The number of hydrogen-bond acceptors (Lipinski definition) is 2. The molecule has 1 aliphatic carbocycles. The third-order valence-electron chi connectivity index (χ3n) is 4.51. The lowest BCUT2D eigenvalue weighted by atomic mass is 9.85. The van der Waals surface area contributed by atoms with Crippen molar-refractivity contribution in [3.63, 3.8) is 0 Å². The van der Waals surface area contributed by atoms with Crippen LogP contribution in [0.15, 0.2) is 0 Å². The summed E-state index contributed by atoms with van der Waals surface area (Å²) >= 11 is 0. The zero-order valence-corrected chi connectivity index (χ0v) is 10.1. The third kappa shape index (κ3) is 1.51. The minimum atomic E-state index is 0.00708. The third-order valence-corrected chi connectivity index (χ3v) is 4.51. The molecule has 4 nitrogen and oxygen atoms in total. The van der Waals surface area contributed by atoms with Gasteiger partial charge < -0.3 is 15.5 Å². The van der Waals surface area contributed by atoms with Gasteiger partial charge in [0.05, 0.1) is 0 Å². The molecule has 3 fully saturated rings. The highest BCUT2D eigenvalue weighted by molar-refractivity contribution is 5.76. The van der Waals surface area contributed by atoms with Crippen LogP contribution in [0, 0.1) is 11.8 Å². The summed E-state index contributed by atoms with van der Waals surface area (Å²) in [7, 11) is 0. The monoisotopic (exact) mass is 223 g/mol. The van der Waals surface area contributed by atoms with E-state index in [1.165, 1.54) is 0 Å². The van der Waals surface area contributed by atoms with Gasteiger partial charge in [-0.3, -0.25) is 0 Å². The average Bonchev–Trinajstić information content (AvgIpc) is 2.81. The van der Waals surface area contributed by atoms with Crippen LogP contribution in [-0.4, -0.2) is 42.1 Å². The van der Waals surface area contributed by atoms with Crippen molar-refractivity contribution in [2.24, 2.45) is 11.8 Å². The number of carbonyl (C=O) groups is 1. The molecule has 0 bridgehead atoms. The number of hydrogen-bond donors (Lipinski definition) is 2. The molecular weight excluding hydrogens is 202 g/mol. The van der Waals surface area contributed by atoms with Crippen molar-refractivity contribution in [1.82, 2.24) is 15.5 Å². The zero-order chi connectivity index (χ0) is 11.3.